The van der Waals surface area contributed by atoms with Crippen molar-refractivity contribution in [1.82, 2.24) is 4.98 Å². The Balaban J connectivity index is 2.41. The fraction of sp³-hybridized carbons (Fsp3) is 0.643. The summed E-state index contributed by atoms with van der Waals surface area (Å²) < 4.78 is 0. The summed E-state index contributed by atoms with van der Waals surface area (Å²) in [5.74, 6) is 2.64. The van der Waals surface area contributed by atoms with E-state index in [-0.39, 0.29) is 0 Å². The molecule has 0 spiro atoms. The van der Waals surface area contributed by atoms with Gasteiger partial charge in [0.1, 0.15) is 11.6 Å². The lowest BCUT2D eigenvalue weighted by atomic mass is 9.99. The molecule has 0 aromatic carbocycles. The van der Waals surface area contributed by atoms with Gasteiger partial charge in [0, 0.05) is 13.6 Å². The van der Waals surface area contributed by atoms with Crippen LogP contribution in [0.3, 0.4) is 0 Å². The van der Waals surface area contributed by atoms with Crippen LogP contribution in [0.5, 0.6) is 0 Å². The number of rotatable bonds is 8. The van der Waals surface area contributed by atoms with E-state index < -0.39 is 0 Å². The SMILES string of the molecule is CCCCC(CC)CNc1cccc(NC)n1. The van der Waals surface area contributed by atoms with E-state index in [9.17, 15) is 0 Å². The van der Waals surface area contributed by atoms with Gasteiger partial charge >= 0.3 is 0 Å². The number of nitrogens with one attached hydrogen (secondary N) is 2. The van der Waals surface area contributed by atoms with E-state index in [4.69, 9.17) is 0 Å². The third-order valence-electron chi connectivity index (χ3n) is 3.12. The first kappa shape index (κ1) is 13.8. The fourth-order valence-electron chi connectivity index (χ4n) is 1.86. The molecule has 0 aliphatic rings. The van der Waals surface area contributed by atoms with Gasteiger partial charge in [0.15, 0.2) is 0 Å². The lowest BCUT2D eigenvalue weighted by Gasteiger charge is -2.15. The topological polar surface area (TPSA) is 37.0 Å². The molecule has 1 aromatic heterocycles. The average molecular weight is 235 g/mol. The van der Waals surface area contributed by atoms with Gasteiger partial charge in [-0.15, -0.1) is 0 Å². The minimum absolute atomic E-state index is 0.759. The molecule has 3 nitrogen and oxygen atoms in total. The van der Waals surface area contributed by atoms with E-state index in [1.807, 2.05) is 25.2 Å². The number of unbranched alkanes of at least 4 members (excludes halogenated alkanes) is 1. The monoisotopic (exact) mass is 235 g/mol. The molecule has 1 heterocycles. The molecule has 17 heavy (non-hydrogen) atoms. The number of anilines is 2. The maximum atomic E-state index is 4.46. The maximum Gasteiger partial charge on any atom is 0.128 e. The summed E-state index contributed by atoms with van der Waals surface area (Å²) in [5.41, 5.74) is 0. The molecular formula is C14H25N3. The van der Waals surface area contributed by atoms with E-state index in [1.54, 1.807) is 0 Å². The first-order chi connectivity index (χ1) is 8.30. The molecule has 2 N–H and O–H groups in total. The third kappa shape index (κ3) is 5.07. The molecule has 0 aliphatic carbocycles. The van der Waals surface area contributed by atoms with Crippen molar-refractivity contribution in [2.45, 2.75) is 39.5 Å². The van der Waals surface area contributed by atoms with Crippen molar-refractivity contribution in [3.63, 3.8) is 0 Å². The summed E-state index contributed by atoms with van der Waals surface area (Å²) in [5, 5.41) is 6.48. The summed E-state index contributed by atoms with van der Waals surface area (Å²) in [6, 6.07) is 6.01. The van der Waals surface area contributed by atoms with E-state index in [0.717, 1.165) is 24.1 Å². The number of aromatic nitrogens is 1. The molecule has 0 fully saturated rings. The van der Waals surface area contributed by atoms with Gasteiger partial charge in [-0.25, -0.2) is 4.98 Å². The van der Waals surface area contributed by atoms with Crippen molar-refractivity contribution in [3.05, 3.63) is 18.2 Å². The maximum absolute atomic E-state index is 4.46. The van der Waals surface area contributed by atoms with Gasteiger partial charge in [0.05, 0.1) is 0 Å². The molecule has 0 bridgehead atoms. The van der Waals surface area contributed by atoms with E-state index in [1.165, 1.54) is 25.7 Å². The lowest BCUT2D eigenvalue weighted by Crippen LogP contribution is -2.14. The standard InChI is InChI=1S/C14H25N3/c1-4-6-8-12(5-2)11-16-14-10-7-9-13(15-3)17-14/h7,9-10,12H,4-6,8,11H2,1-3H3,(H2,15,16,17). The largest absolute Gasteiger partial charge is 0.373 e. The zero-order valence-corrected chi connectivity index (χ0v) is 11.3. The van der Waals surface area contributed by atoms with Crippen molar-refractivity contribution in [3.8, 4) is 0 Å². The van der Waals surface area contributed by atoms with Gasteiger partial charge in [-0.2, -0.15) is 0 Å². The fourth-order valence-corrected chi connectivity index (χ4v) is 1.86. The Morgan fingerprint density at radius 1 is 1.24 bits per heavy atom. The number of hydrogen-bond donors (Lipinski definition) is 2. The number of nitrogens with zero attached hydrogens (tertiary/aromatic N) is 1. The highest BCUT2D eigenvalue weighted by Gasteiger charge is 2.05. The minimum atomic E-state index is 0.759. The van der Waals surface area contributed by atoms with Crippen LogP contribution < -0.4 is 10.6 Å². The Morgan fingerprint density at radius 3 is 2.65 bits per heavy atom. The summed E-state index contributed by atoms with van der Waals surface area (Å²) in [7, 11) is 1.89. The van der Waals surface area contributed by atoms with E-state index in [0.29, 0.717) is 0 Å². The highest BCUT2D eigenvalue weighted by molar-refractivity contribution is 5.44. The number of pyridine rings is 1. The van der Waals surface area contributed by atoms with Crippen LogP contribution in [0, 0.1) is 5.92 Å². The van der Waals surface area contributed by atoms with Gasteiger partial charge in [-0.3, -0.25) is 0 Å². The van der Waals surface area contributed by atoms with E-state index in [2.05, 4.69) is 29.5 Å². The molecule has 0 radical (unpaired) electrons. The zero-order valence-electron chi connectivity index (χ0n) is 11.3. The Hall–Kier alpha value is -1.25. The molecule has 1 rings (SSSR count). The highest BCUT2D eigenvalue weighted by atomic mass is 15.0. The summed E-state index contributed by atoms with van der Waals surface area (Å²) >= 11 is 0. The summed E-state index contributed by atoms with van der Waals surface area (Å²) in [6.45, 7) is 5.54. The van der Waals surface area contributed by atoms with Crippen molar-refractivity contribution < 1.29 is 0 Å². The Bertz CT molecular complexity index is 312. The predicted molar refractivity (Wildman–Crippen MR) is 75.6 cm³/mol. The quantitative estimate of drug-likeness (QED) is 0.720. The average Bonchev–Trinajstić information content (AvgIpc) is 2.39. The highest BCUT2D eigenvalue weighted by Crippen LogP contribution is 2.14. The third-order valence-corrected chi connectivity index (χ3v) is 3.12. The molecule has 96 valence electrons. The molecular weight excluding hydrogens is 210 g/mol. The van der Waals surface area contributed by atoms with Gasteiger partial charge in [-0.1, -0.05) is 39.2 Å². The Labute approximate surface area is 105 Å². The van der Waals surface area contributed by atoms with Crippen LogP contribution in [0.25, 0.3) is 0 Å². The molecule has 0 amide bonds. The molecule has 3 heteroatoms. The predicted octanol–water partition coefficient (Wildman–Crippen LogP) is 3.75. The smallest absolute Gasteiger partial charge is 0.128 e. The normalized spacial score (nSPS) is 12.2. The Morgan fingerprint density at radius 2 is 2.00 bits per heavy atom. The molecule has 0 saturated heterocycles. The zero-order chi connectivity index (χ0) is 12.5. The van der Waals surface area contributed by atoms with Crippen LogP contribution in [0.15, 0.2) is 18.2 Å². The summed E-state index contributed by atoms with van der Waals surface area (Å²) in [6.07, 6.45) is 5.15. The van der Waals surface area contributed by atoms with Gasteiger partial charge in [0.2, 0.25) is 0 Å². The van der Waals surface area contributed by atoms with Crippen LogP contribution >= 0.6 is 0 Å². The van der Waals surface area contributed by atoms with Crippen LogP contribution in [-0.2, 0) is 0 Å². The van der Waals surface area contributed by atoms with Crippen molar-refractivity contribution >= 4 is 11.6 Å². The molecule has 1 aromatic rings. The van der Waals surface area contributed by atoms with Crippen molar-refractivity contribution in [2.75, 3.05) is 24.2 Å². The lowest BCUT2D eigenvalue weighted by molar-refractivity contribution is 0.472. The first-order valence-electron chi connectivity index (χ1n) is 6.68. The van der Waals surface area contributed by atoms with Crippen LogP contribution in [0.4, 0.5) is 11.6 Å². The molecule has 1 atom stereocenters. The van der Waals surface area contributed by atoms with Gasteiger partial charge in [0.25, 0.3) is 0 Å². The minimum Gasteiger partial charge on any atom is -0.373 e. The van der Waals surface area contributed by atoms with E-state index >= 15 is 0 Å². The molecule has 0 saturated carbocycles. The van der Waals surface area contributed by atoms with Crippen molar-refractivity contribution in [1.29, 1.82) is 0 Å². The molecule has 0 aliphatic heterocycles. The first-order valence-corrected chi connectivity index (χ1v) is 6.68. The second-order valence-corrected chi connectivity index (χ2v) is 4.46. The van der Waals surface area contributed by atoms with Gasteiger partial charge in [-0.05, 0) is 24.5 Å². The van der Waals surface area contributed by atoms with Crippen LogP contribution in [0.2, 0.25) is 0 Å². The second kappa shape index (κ2) is 7.93. The van der Waals surface area contributed by atoms with Gasteiger partial charge < -0.3 is 10.6 Å². The van der Waals surface area contributed by atoms with Crippen LogP contribution in [-0.4, -0.2) is 18.6 Å². The van der Waals surface area contributed by atoms with Crippen molar-refractivity contribution in [2.24, 2.45) is 5.92 Å². The van der Waals surface area contributed by atoms with Crippen LogP contribution in [0.1, 0.15) is 39.5 Å². The number of hydrogen-bond acceptors (Lipinski definition) is 3. The Kier molecular flexibility index (Phi) is 6.45. The second-order valence-electron chi connectivity index (χ2n) is 4.46. The molecule has 1 unspecified atom stereocenters. The summed E-state index contributed by atoms with van der Waals surface area (Å²) in [4.78, 5) is 4.46.